The van der Waals surface area contributed by atoms with Crippen LogP contribution in [-0.4, -0.2) is 38.8 Å². The molecule has 0 unspecified atom stereocenters. The Labute approximate surface area is 173 Å². The predicted octanol–water partition coefficient (Wildman–Crippen LogP) is 3.77. The average Bonchev–Trinajstić information content (AvgIpc) is 2.41. The van der Waals surface area contributed by atoms with E-state index >= 15 is 0 Å². The van der Waals surface area contributed by atoms with Gasteiger partial charge in [-0.05, 0) is 83.1 Å². The van der Waals surface area contributed by atoms with E-state index in [2.05, 4.69) is 0 Å². The third-order valence-electron chi connectivity index (χ3n) is 3.42. The molecule has 1 amide bonds. The van der Waals surface area contributed by atoms with Crippen LogP contribution in [0, 0.1) is 7.14 Å². The maximum absolute atomic E-state index is 12.4. The number of carboxylic acids is 1. The van der Waals surface area contributed by atoms with Gasteiger partial charge in [0.05, 0.1) is 13.7 Å². The van der Waals surface area contributed by atoms with Crippen LogP contribution in [-0.2, 0) is 22.5 Å². The summed E-state index contributed by atoms with van der Waals surface area (Å²) < 4.78 is 6.63. The zero-order valence-corrected chi connectivity index (χ0v) is 18.4. The Morgan fingerprint density at radius 2 is 1.92 bits per heavy atom. The second-order valence-electron chi connectivity index (χ2n) is 6.33. The zero-order valence-electron chi connectivity index (χ0n) is 13.3. The highest BCUT2D eigenvalue weighted by molar-refractivity contribution is 14.1. The lowest BCUT2D eigenvalue weighted by Gasteiger charge is -2.36. The minimum absolute atomic E-state index is 0. The summed E-state index contributed by atoms with van der Waals surface area (Å²) in [6, 6.07) is 0.795. The van der Waals surface area contributed by atoms with Crippen LogP contribution >= 0.6 is 57.6 Å². The van der Waals surface area contributed by atoms with Crippen LogP contribution in [0.25, 0.3) is 0 Å². The van der Waals surface area contributed by atoms with E-state index < -0.39 is 23.7 Å². The third-order valence-corrected chi connectivity index (χ3v) is 5.40. The molecule has 1 aromatic carbocycles. The molecular formula is C15H18ClI2NO5. The molecule has 1 aromatic rings. The molecular weight excluding hydrogens is 563 g/mol. The monoisotopic (exact) mass is 581 g/mol. The molecule has 9 heteroatoms. The van der Waals surface area contributed by atoms with Crippen LogP contribution in [0.2, 0.25) is 0 Å². The first-order valence-electron chi connectivity index (χ1n) is 6.92. The fourth-order valence-corrected chi connectivity index (χ4v) is 4.35. The van der Waals surface area contributed by atoms with Crippen LogP contribution < -0.4 is 0 Å². The SMILES string of the molecule is CC(C)(C)OC(=O)N1Cc2c(cc(I)c(O)c2I)C[C@@H]1C(=O)O.Cl. The van der Waals surface area contributed by atoms with Crippen molar-refractivity contribution in [2.45, 2.75) is 45.4 Å². The number of halogens is 3. The highest BCUT2D eigenvalue weighted by atomic mass is 127. The first kappa shape index (κ1) is 21.6. The van der Waals surface area contributed by atoms with Gasteiger partial charge in [0.25, 0.3) is 0 Å². The first-order chi connectivity index (χ1) is 10.5. The Hall–Kier alpha value is -0.490. The lowest BCUT2D eigenvalue weighted by atomic mass is 9.94. The molecule has 2 rings (SSSR count). The van der Waals surface area contributed by atoms with Gasteiger partial charge in [0.1, 0.15) is 17.4 Å². The number of fused-ring (bicyclic) bond motifs is 1. The number of phenolic OH excluding ortho intramolecular Hbond substituents is 1. The molecule has 0 bridgehead atoms. The van der Waals surface area contributed by atoms with Gasteiger partial charge in [-0.15, -0.1) is 12.4 Å². The quantitative estimate of drug-likeness (QED) is 0.494. The minimum Gasteiger partial charge on any atom is -0.506 e. The summed E-state index contributed by atoms with van der Waals surface area (Å²) >= 11 is 4.03. The molecule has 0 aliphatic carbocycles. The molecule has 0 radical (unpaired) electrons. The smallest absolute Gasteiger partial charge is 0.411 e. The number of ether oxygens (including phenoxy) is 1. The van der Waals surface area contributed by atoms with Crippen molar-refractivity contribution in [2.24, 2.45) is 0 Å². The molecule has 2 N–H and O–H groups in total. The Kier molecular flexibility index (Phi) is 7.02. The van der Waals surface area contributed by atoms with Crippen molar-refractivity contribution in [1.29, 1.82) is 0 Å². The summed E-state index contributed by atoms with van der Waals surface area (Å²) in [5.41, 5.74) is 0.901. The molecule has 1 aliphatic heterocycles. The van der Waals surface area contributed by atoms with Crippen LogP contribution in [0.3, 0.4) is 0 Å². The second-order valence-corrected chi connectivity index (χ2v) is 8.57. The lowest BCUT2D eigenvalue weighted by Crippen LogP contribution is -2.50. The Morgan fingerprint density at radius 1 is 1.33 bits per heavy atom. The Bertz CT molecular complexity index is 675. The third kappa shape index (κ3) is 4.57. The molecule has 1 heterocycles. The summed E-state index contributed by atoms with van der Waals surface area (Å²) in [6.45, 7) is 5.30. The van der Waals surface area contributed by atoms with Crippen molar-refractivity contribution >= 4 is 69.7 Å². The molecule has 0 fully saturated rings. The van der Waals surface area contributed by atoms with Crippen LogP contribution in [0.5, 0.6) is 5.75 Å². The van der Waals surface area contributed by atoms with Gasteiger partial charge in [-0.25, -0.2) is 9.59 Å². The molecule has 1 atom stereocenters. The van der Waals surface area contributed by atoms with E-state index in [1.807, 2.05) is 45.2 Å². The van der Waals surface area contributed by atoms with E-state index in [0.29, 0.717) is 7.14 Å². The van der Waals surface area contributed by atoms with Gasteiger partial charge in [0, 0.05) is 6.42 Å². The van der Waals surface area contributed by atoms with Gasteiger partial charge in [0.2, 0.25) is 0 Å². The van der Waals surface area contributed by atoms with Crippen molar-refractivity contribution < 1.29 is 24.5 Å². The number of benzene rings is 1. The number of rotatable bonds is 1. The minimum atomic E-state index is -1.07. The van der Waals surface area contributed by atoms with Crippen molar-refractivity contribution in [3.63, 3.8) is 0 Å². The van der Waals surface area contributed by atoms with E-state index in [1.165, 1.54) is 4.90 Å². The number of aromatic hydroxyl groups is 1. The van der Waals surface area contributed by atoms with Crippen molar-refractivity contribution in [2.75, 3.05) is 0 Å². The number of carbonyl (C=O) groups is 2. The van der Waals surface area contributed by atoms with E-state index in [9.17, 15) is 19.8 Å². The van der Waals surface area contributed by atoms with Crippen molar-refractivity contribution in [1.82, 2.24) is 4.90 Å². The lowest BCUT2D eigenvalue weighted by molar-refractivity contribution is -0.143. The molecule has 0 aromatic heterocycles. The van der Waals surface area contributed by atoms with Crippen LogP contribution in [0.4, 0.5) is 4.79 Å². The predicted molar refractivity (Wildman–Crippen MR) is 108 cm³/mol. The number of carbonyl (C=O) groups excluding carboxylic acids is 1. The van der Waals surface area contributed by atoms with E-state index in [-0.39, 0.29) is 31.1 Å². The number of hydrogen-bond donors (Lipinski definition) is 2. The standard InChI is InChI=1S/C15H17I2NO5.ClH/c1-15(2,3)23-14(22)18-6-8-7(5-10(18)13(20)21)4-9(16)12(19)11(8)17;/h4,10,19H,5-6H2,1-3H3,(H,20,21);1H/t10-;/m1./s1. The molecule has 24 heavy (non-hydrogen) atoms. The van der Waals surface area contributed by atoms with Crippen LogP contribution in [0.1, 0.15) is 31.9 Å². The fourth-order valence-electron chi connectivity index (χ4n) is 2.38. The molecule has 6 nitrogen and oxygen atoms in total. The number of nitrogens with zero attached hydrogens (tertiary/aromatic N) is 1. The highest BCUT2D eigenvalue weighted by Crippen LogP contribution is 2.36. The molecule has 1 aliphatic rings. The van der Waals surface area contributed by atoms with Crippen molar-refractivity contribution in [3.05, 3.63) is 24.3 Å². The number of carboxylic acid groups (broad SMARTS) is 1. The zero-order chi connectivity index (χ0) is 17.5. The number of amides is 1. The highest BCUT2D eigenvalue weighted by Gasteiger charge is 2.38. The fraction of sp³-hybridized carbons (Fsp3) is 0.467. The van der Waals surface area contributed by atoms with Crippen LogP contribution in [0.15, 0.2) is 6.07 Å². The van der Waals surface area contributed by atoms with Gasteiger partial charge < -0.3 is 14.9 Å². The van der Waals surface area contributed by atoms with E-state index in [0.717, 1.165) is 11.1 Å². The first-order valence-corrected chi connectivity index (χ1v) is 9.08. The number of phenols is 1. The average molecular weight is 582 g/mol. The summed E-state index contributed by atoms with van der Waals surface area (Å²) in [5, 5.41) is 19.6. The van der Waals surface area contributed by atoms with E-state index in [1.54, 1.807) is 26.8 Å². The normalized spacial score (nSPS) is 16.9. The maximum Gasteiger partial charge on any atom is 0.411 e. The summed E-state index contributed by atoms with van der Waals surface area (Å²) in [6.07, 6.45) is -0.472. The molecule has 0 spiro atoms. The van der Waals surface area contributed by atoms with Crippen molar-refractivity contribution in [3.8, 4) is 5.75 Å². The van der Waals surface area contributed by atoms with Gasteiger partial charge >= 0.3 is 12.1 Å². The Morgan fingerprint density at radius 3 is 2.42 bits per heavy atom. The second kappa shape index (κ2) is 7.81. The summed E-state index contributed by atoms with van der Waals surface area (Å²) in [7, 11) is 0. The maximum atomic E-state index is 12.4. The largest absolute Gasteiger partial charge is 0.506 e. The van der Waals surface area contributed by atoms with Gasteiger partial charge in [-0.2, -0.15) is 0 Å². The summed E-state index contributed by atoms with van der Waals surface area (Å²) in [5.74, 6) is -0.914. The van der Waals surface area contributed by atoms with E-state index in [4.69, 9.17) is 4.74 Å². The molecule has 0 saturated heterocycles. The number of hydrogen-bond acceptors (Lipinski definition) is 4. The van der Waals surface area contributed by atoms with Gasteiger partial charge in [-0.1, -0.05) is 0 Å². The number of aliphatic carboxylic acids is 1. The Balaban J connectivity index is 0.00000288. The summed E-state index contributed by atoms with van der Waals surface area (Å²) in [4.78, 5) is 25.2. The topological polar surface area (TPSA) is 87.1 Å². The molecule has 134 valence electrons. The van der Waals surface area contributed by atoms with Gasteiger partial charge in [-0.3, -0.25) is 4.90 Å². The molecule has 0 saturated carbocycles. The van der Waals surface area contributed by atoms with Gasteiger partial charge in [0.15, 0.2) is 0 Å².